The van der Waals surface area contributed by atoms with Crippen LogP contribution in [-0.4, -0.2) is 28.0 Å². The van der Waals surface area contributed by atoms with Crippen LogP contribution in [-0.2, 0) is 0 Å². The zero-order valence-electron chi connectivity index (χ0n) is 15.4. The number of rotatable bonds is 2. The van der Waals surface area contributed by atoms with Crippen LogP contribution >= 0.6 is 12.4 Å². The van der Waals surface area contributed by atoms with Crippen molar-refractivity contribution in [3.63, 3.8) is 0 Å². The maximum Gasteiger partial charge on any atom is 0.156 e. The quantitative estimate of drug-likeness (QED) is 0.501. The van der Waals surface area contributed by atoms with Crippen molar-refractivity contribution in [1.82, 2.24) is 15.0 Å². The molecule has 0 bridgehead atoms. The minimum Gasteiger partial charge on any atom is -0.355 e. The van der Waals surface area contributed by atoms with Crippen LogP contribution < -0.4 is 4.90 Å². The number of hydrogen-bond acceptors (Lipinski definition) is 3. The second kappa shape index (κ2) is 7.20. The van der Waals surface area contributed by atoms with E-state index in [0.717, 1.165) is 41.5 Å². The normalized spacial score (nSPS) is 14.5. The lowest BCUT2D eigenvalue weighted by molar-refractivity contribution is 0.574. The molecular formula is C22H23ClN4. The number of H-pyrrole nitrogens is 1. The topological polar surface area (TPSA) is 44.8 Å². The Morgan fingerprint density at radius 1 is 0.889 bits per heavy atom. The summed E-state index contributed by atoms with van der Waals surface area (Å²) < 4.78 is 0. The number of aromatic nitrogens is 3. The summed E-state index contributed by atoms with van der Waals surface area (Å²) >= 11 is 0. The number of halogens is 1. The van der Waals surface area contributed by atoms with Gasteiger partial charge in [0.25, 0.3) is 0 Å². The van der Waals surface area contributed by atoms with Crippen LogP contribution in [0.5, 0.6) is 0 Å². The first kappa shape index (κ1) is 17.8. The highest BCUT2D eigenvalue weighted by Gasteiger charge is 2.18. The van der Waals surface area contributed by atoms with E-state index in [1.165, 1.54) is 35.6 Å². The van der Waals surface area contributed by atoms with Crippen LogP contribution in [0.3, 0.4) is 0 Å². The Morgan fingerprint density at radius 2 is 1.67 bits per heavy atom. The van der Waals surface area contributed by atoms with E-state index in [1.54, 1.807) is 0 Å². The molecule has 27 heavy (non-hydrogen) atoms. The van der Waals surface area contributed by atoms with Crippen LogP contribution in [0.15, 0.2) is 48.5 Å². The first-order chi connectivity index (χ1) is 12.8. The van der Waals surface area contributed by atoms with Gasteiger partial charge in [-0.1, -0.05) is 36.4 Å². The smallest absolute Gasteiger partial charge is 0.156 e. The maximum atomic E-state index is 4.77. The number of fused-ring (bicyclic) bond motifs is 2. The van der Waals surface area contributed by atoms with Gasteiger partial charge < -0.3 is 9.88 Å². The van der Waals surface area contributed by atoms with E-state index in [1.807, 2.05) is 6.92 Å². The molecule has 1 aliphatic heterocycles. The molecule has 0 saturated carbocycles. The third kappa shape index (κ3) is 3.26. The SMILES string of the molecule is Cc1nc(N2CCCCC2)c2[nH]c(-c3ccc4ccccc4c3)cc2n1.Cl. The van der Waals surface area contributed by atoms with Crippen LogP contribution in [0.2, 0.25) is 0 Å². The summed E-state index contributed by atoms with van der Waals surface area (Å²) in [6, 6.07) is 17.2. The molecule has 0 spiro atoms. The van der Waals surface area contributed by atoms with Crippen molar-refractivity contribution in [2.24, 2.45) is 0 Å². The van der Waals surface area contributed by atoms with Crippen molar-refractivity contribution >= 4 is 40.0 Å². The fourth-order valence-corrected chi connectivity index (χ4v) is 3.96. The Labute approximate surface area is 165 Å². The van der Waals surface area contributed by atoms with Crippen molar-refractivity contribution in [2.75, 3.05) is 18.0 Å². The monoisotopic (exact) mass is 378 g/mol. The Hall–Kier alpha value is -2.59. The van der Waals surface area contributed by atoms with E-state index < -0.39 is 0 Å². The predicted molar refractivity (Wildman–Crippen MR) is 115 cm³/mol. The fourth-order valence-electron chi connectivity index (χ4n) is 3.96. The number of hydrogen-bond donors (Lipinski definition) is 1. The molecule has 2 aromatic heterocycles. The molecule has 4 nitrogen and oxygen atoms in total. The Balaban J connectivity index is 0.00000180. The Bertz CT molecular complexity index is 1100. The van der Waals surface area contributed by atoms with Gasteiger partial charge >= 0.3 is 0 Å². The van der Waals surface area contributed by atoms with Crippen molar-refractivity contribution in [1.29, 1.82) is 0 Å². The molecule has 5 rings (SSSR count). The van der Waals surface area contributed by atoms with E-state index in [9.17, 15) is 0 Å². The largest absolute Gasteiger partial charge is 0.355 e. The van der Waals surface area contributed by atoms with Crippen molar-refractivity contribution in [3.8, 4) is 11.3 Å². The van der Waals surface area contributed by atoms with Gasteiger partial charge in [0, 0.05) is 18.8 Å². The molecule has 0 aliphatic carbocycles. The van der Waals surface area contributed by atoms with Gasteiger partial charge in [0.05, 0.1) is 5.52 Å². The first-order valence-corrected chi connectivity index (χ1v) is 9.39. The van der Waals surface area contributed by atoms with Crippen molar-refractivity contribution < 1.29 is 0 Å². The zero-order valence-corrected chi connectivity index (χ0v) is 16.2. The molecule has 4 aromatic rings. The lowest BCUT2D eigenvalue weighted by atomic mass is 10.1. The summed E-state index contributed by atoms with van der Waals surface area (Å²) in [7, 11) is 0. The zero-order chi connectivity index (χ0) is 17.5. The summed E-state index contributed by atoms with van der Waals surface area (Å²) in [5.41, 5.74) is 4.34. The first-order valence-electron chi connectivity index (χ1n) is 9.39. The number of aromatic amines is 1. The van der Waals surface area contributed by atoms with Crippen LogP contribution in [0.4, 0.5) is 5.82 Å². The second-order valence-corrected chi connectivity index (χ2v) is 7.15. The number of anilines is 1. The summed E-state index contributed by atoms with van der Waals surface area (Å²) in [4.78, 5) is 15.4. The van der Waals surface area contributed by atoms with Crippen LogP contribution in [0.1, 0.15) is 25.1 Å². The summed E-state index contributed by atoms with van der Waals surface area (Å²) in [6.07, 6.45) is 3.79. The summed E-state index contributed by atoms with van der Waals surface area (Å²) in [5.74, 6) is 1.89. The number of nitrogens with zero attached hydrogens (tertiary/aromatic N) is 3. The van der Waals surface area contributed by atoms with Crippen molar-refractivity contribution in [2.45, 2.75) is 26.2 Å². The number of piperidine rings is 1. The van der Waals surface area contributed by atoms with E-state index >= 15 is 0 Å². The molecule has 0 atom stereocenters. The lowest BCUT2D eigenvalue weighted by Crippen LogP contribution is -2.30. The van der Waals surface area contributed by atoms with Crippen LogP contribution in [0, 0.1) is 6.92 Å². The molecule has 138 valence electrons. The highest BCUT2D eigenvalue weighted by molar-refractivity contribution is 5.93. The minimum absolute atomic E-state index is 0. The van der Waals surface area contributed by atoms with E-state index in [-0.39, 0.29) is 12.4 Å². The van der Waals surface area contributed by atoms with Crippen LogP contribution in [0.25, 0.3) is 33.1 Å². The van der Waals surface area contributed by atoms with Gasteiger partial charge in [0.2, 0.25) is 0 Å². The maximum absolute atomic E-state index is 4.77. The molecule has 2 aromatic carbocycles. The number of aryl methyl sites for hydroxylation is 1. The molecule has 5 heteroatoms. The highest BCUT2D eigenvalue weighted by Crippen LogP contribution is 2.31. The van der Waals surface area contributed by atoms with Crippen molar-refractivity contribution in [3.05, 3.63) is 54.4 Å². The summed E-state index contributed by atoms with van der Waals surface area (Å²) in [5, 5.41) is 2.51. The third-order valence-corrected chi connectivity index (χ3v) is 5.29. The van der Waals surface area contributed by atoms with E-state index in [4.69, 9.17) is 4.98 Å². The Kier molecular flexibility index (Phi) is 4.75. The minimum atomic E-state index is 0. The number of benzene rings is 2. The van der Waals surface area contributed by atoms with Gasteiger partial charge in [-0.2, -0.15) is 0 Å². The molecule has 0 unspecified atom stereocenters. The fraction of sp³-hybridized carbons (Fsp3) is 0.273. The Morgan fingerprint density at radius 3 is 2.48 bits per heavy atom. The van der Waals surface area contributed by atoms with Gasteiger partial charge in [-0.15, -0.1) is 12.4 Å². The molecule has 0 radical (unpaired) electrons. The molecular weight excluding hydrogens is 356 g/mol. The van der Waals surface area contributed by atoms with Gasteiger partial charge in [-0.3, -0.25) is 0 Å². The third-order valence-electron chi connectivity index (χ3n) is 5.29. The molecule has 0 amide bonds. The van der Waals surface area contributed by atoms with Gasteiger partial charge in [0.15, 0.2) is 5.82 Å². The summed E-state index contributed by atoms with van der Waals surface area (Å²) in [6.45, 7) is 4.14. The average Bonchev–Trinajstić information content (AvgIpc) is 3.11. The molecule has 1 fully saturated rings. The predicted octanol–water partition coefficient (Wildman–Crippen LogP) is 5.50. The standard InChI is InChI=1S/C22H22N4.ClH/c1-15-23-20-14-19(18-10-9-16-7-3-4-8-17(16)13-18)25-21(20)22(24-15)26-11-5-2-6-12-26;/h3-4,7-10,13-14,25H,2,5-6,11-12H2,1H3;1H. The molecule has 1 N–H and O–H groups in total. The lowest BCUT2D eigenvalue weighted by Gasteiger charge is -2.28. The van der Waals surface area contributed by atoms with E-state index in [2.05, 4.69) is 63.4 Å². The number of nitrogens with one attached hydrogen (secondary N) is 1. The second-order valence-electron chi connectivity index (χ2n) is 7.15. The van der Waals surface area contributed by atoms with Gasteiger partial charge in [-0.25, -0.2) is 9.97 Å². The van der Waals surface area contributed by atoms with Gasteiger partial charge in [0.1, 0.15) is 11.3 Å². The highest BCUT2D eigenvalue weighted by atomic mass is 35.5. The molecule has 1 saturated heterocycles. The molecule has 1 aliphatic rings. The molecule has 3 heterocycles. The van der Waals surface area contributed by atoms with E-state index in [0.29, 0.717) is 0 Å². The average molecular weight is 379 g/mol. The van der Waals surface area contributed by atoms with Gasteiger partial charge in [-0.05, 0) is 54.7 Å².